The molecule has 11 heteroatoms. The minimum Gasteiger partial charge on any atom is -0.352 e. The number of carbonyl (C=O) groups excluding carboxylic acids is 2. The van der Waals surface area contributed by atoms with Crippen molar-refractivity contribution in [2.45, 2.75) is 64.2 Å². The van der Waals surface area contributed by atoms with Gasteiger partial charge < -0.3 is 20.9 Å². The van der Waals surface area contributed by atoms with Gasteiger partial charge in [-0.05, 0) is 79.9 Å². The standard InChI is InChI=1S/C40H44N8O2.ClH/c1-47-26-42-25-37(47)35-24-31(30-12-8-9-13-33(30)44-35)39-46-34-23-28(40(50)43-21-11-7-5-3-2-4-6-10-20-41)14-18-36(34)48(39)29-16-17-32-27(22-29)15-19-38(49)45-32;/h8-9,12-14,16-18,22-26H,2-7,10-11,15,19-21,41H2,1H3,(H,43,50)(H,45,49);1H. The minimum absolute atomic E-state index is 0. The van der Waals surface area contributed by atoms with Gasteiger partial charge in [0.1, 0.15) is 5.82 Å². The van der Waals surface area contributed by atoms with Crippen molar-refractivity contribution in [3.8, 4) is 28.5 Å². The van der Waals surface area contributed by atoms with Crippen LogP contribution in [0.25, 0.3) is 50.4 Å². The molecule has 4 N–H and O–H groups in total. The number of para-hydroxylation sites is 1. The molecule has 2 amide bonds. The van der Waals surface area contributed by atoms with E-state index in [9.17, 15) is 9.59 Å². The van der Waals surface area contributed by atoms with Crippen LogP contribution < -0.4 is 16.4 Å². The van der Waals surface area contributed by atoms with Crippen LogP contribution in [-0.4, -0.2) is 49.0 Å². The smallest absolute Gasteiger partial charge is 0.251 e. The number of amides is 2. The van der Waals surface area contributed by atoms with Crippen molar-refractivity contribution in [3.05, 3.63) is 90.4 Å². The molecular weight excluding hydrogens is 660 g/mol. The maximum absolute atomic E-state index is 13.3. The van der Waals surface area contributed by atoms with Gasteiger partial charge in [0, 0.05) is 47.9 Å². The quantitative estimate of drug-likeness (QED) is 0.0994. The molecule has 3 aromatic carbocycles. The second-order valence-corrected chi connectivity index (χ2v) is 13.2. The number of nitrogens with two attached hydrogens (primary N) is 1. The van der Waals surface area contributed by atoms with Crippen molar-refractivity contribution in [1.82, 2.24) is 29.4 Å². The number of halogens is 1. The van der Waals surface area contributed by atoms with Crippen LogP contribution in [0.4, 0.5) is 5.69 Å². The van der Waals surface area contributed by atoms with Gasteiger partial charge in [0.2, 0.25) is 5.91 Å². The van der Waals surface area contributed by atoms with Gasteiger partial charge in [0.15, 0.2) is 0 Å². The van der Waals surface area contributed by atoms with Crippen molar-refractivity contribution in [2.75, 3.05) is 18.4 Å². The predicted octanol–water partition coefficient (Wildman–Crippen LogP) is 7.76. The Labute approximate surface area is 304 Å². The molecule has 4 heterocycles. The topological polar surface area (TPSA) is 133 Å². The molecule has 264 valence electrons. The van der Waals surface area contributed by atoms with Crippen LogP contribution in [0.3, 0.4) is 0 Å². The molecular formula is C40H45ClN8O2. The molecule has 0 radical (unpaired) electrons. The summed E-state index contributed by atoms with van der Waals surface area (Å²) in [4.78, 5) is 40.0. The summed E-state index contributed by atoms with van der Waals surface area (Å²) in [5, 5.41) is 7.09. The number of anilines is 1. The Balaban J connectivity index is 0.00000448. The summed E-state index contributed by atoms with van der Waals surface area (Å²) in [6, 6.07) is 22.0. The van der Waals surface area contributed by atoms with E-state index in [-0.39, 0.29) is 24.2 Å². The zero-order valence-corrected chi connectivity index (χ0v) is 29.8. The molecule has 0 bridgehead atoms. The van der Waals surface area contributed by atoms with Crippen LogP contribution in [0.5, 0.6) is 0 Å². The summed E-state index contributed by atoms with van der Waals surface area (Å²) in [6.45, 7) is 1.43. The van der Waals surface area contributed by atoms with Crippen molar-refractivity contribution >= 4 is 51.8 Å². The van der Waals surface area contributed by atoms with Crippen LogP contribution in [0.15, 0.2) is 79.3 Å². The number of pyridine rings is 1. The monoisotopic (exact) mass is 704 g/mol. The van der Waals surface area contributed by atoms with E-state index in [2.05, 4.69) is 38.4 Å². The lowest BCUT2D eigenvalue weighted by Crippen LogP contribution is -2.24. The highest BCUT2D eigenvalue weighted by Gasteiger charge is 2.22. The third-order valence-corrected chi connectivity index (χ3v) is 9.61. The van der Waals surface area contributed by atoms with Crippen LogP contribution in [0.1, 0.15) is 73.7 Å². The molecule has 3 aromatic heterocycles. The van der Waals surface area contributed by atoms with Crippen LogP contribution in [0.2, 0.25) is 0 Å². The molecule has 6 aromatic rings. The minimum atomic E-state index is -0.0952. The molecule has 7 rings (SSSR count). The molecule has 0 atom stereocenters. The normalized spacial score (nSPS) is 12.5. The molecule has 0 saturated heterocycles. The highest BCUT2D eigenvalue weighted by atomic mass is 35.5. The first kappa shape index (κ1) is 35.8. The molecule has 10 nitrogen and oxygen atoms in total. The largest absolute Gasteiger partial charge is 0.352 e. The highest BCUT2D eigenvalue weighted by molar-refractivity contribution is 6.01. The maximum atomic E-state index is 13.3. The molecule has 1 aliphatic heterocycles. The number of hydrogen-bond donors (Lipinski definition) is 3. The first-order valence-electron chi connectivity index (χ1n) is 17.8. The molecule has 0 spiro atoms. The number of hydrogen-bond acceptors (Lipinski definition) is 6. The van der Waals surface area contributed by atoms with E-state index in [1.54, 1.807) is 6.33 Å². The number of rotatable bonds is 14. The number of carbonyl (C=O) groups is 2. The Hall–Kier alpha value is -5.06. The Kier molecular flexibility index (Phi) is 11.4. The summed E-state index contributed by atoms with van der Waals surface area (Å²) >= 11 is 0. The van der Waals surface area contributed by atoms with Crippen molar-refractivity contribution in [1.29, 1.82) is 0 Å². The van der Waals surface area contributed by atoms with Gasteiger partial charge >= 0.3 is 0 Å². The lowest BCUT2D eigenvalue weighted by Gasteiger charge is -2.19. The van der Waals surface area contributed by atoms with Crippen LogP contribution >= 0.6 is 12.4 Å². The predicted molar refractivity (Wildman–Crippen MR) is 207 cm³/mol. The van der Waals surface area contributed by atoms with Gasteiger partial charge in [-0.15, -0.1) is 12.4 Å². The van der Waals surface area contributed by atoms with Crippen LogP contribution in [0, 0.1) is 0 Å². The Morgan fingerprint density at radius 1 is 0.882 bits per heavy atom. The number of aryl methyl sites for hydroxylation is 2. The molecule has 51 heavy (non-hydrogen) atoms. The van der Waals surface area contributed by atoms with Gasteiger partial charge in [-0.25, -0.2) is 15.0 Å². The average molecular weight is 705 g/mol. The number of fused-ring (bicyclic) bond motifs is 3. The molecule has 0 saturated carbocycles. The fourth-order valence-corrected chi connectivity index (χ4v) is 6.90. The van der Waals surface area contributed by atoms with Gasteiger partial charge in [-0.3, -0.25) is 14.2 Å². The second-order valence-electron chi connectivity index (χ2n) is 13.2. The zero-order chi connectivity index (χ0) is 34.5. The first-order valence-corrected chi connectivity index (χ1v) is 17.8. The van der Waals surface area contributed by atoms with Gasteiger partial charge in [-0.1, -0.05) is 56.7 Å². The number of unbranched alkanes of at least 4 members (excludes halogenated alkanes) is 7. The molecule has 0 fully saturated rings. The SMILES string of the molecule is Cl.Cn1cncc1-c1cc(-c2nc3cc(C(=O)NCCCCCCCCCCN)ccc3n2-c2ccc3c(c2)CCC(=O)N3)c2ccccc2n1. The van der Waals surface area contributed by atoms with Crippen molar-refractivity contribution in [2.24, 2.45) is 12.8 Å². The molecule has 0 unspecified atom stereocenters. The summed E-state index contributed by atoms with van der Waals surface area (Å²) < 4.78 is 4.11. The number of nitrogens with one attached hydrogen (secondary N) is 2. The Morgan fingerprint density at radius 2 is 1.67 bits per heavy atom. The summed E-state index contributed by atoms with van der Waals surface area (Å²) in [6.07, 6.45) is 14.0. The third kappa shape index (κ3) is 7.82. The summed E-state index contributed by atoms with van der Waals surface area (Å²) in [5.41, 5.74) is 14.1. The zero-order valence-electron chi connectivity index (χ0n) is 29.0. The van der Waals surface area contributed by atoms with Crippen LogP contribution in [-0.2, 0) is 18.3 Å². The van der Waals surface area contributed by atoms with Gasteiger partial charge in [-0.2, -0.15) is 0 Å². The number of imidazole rings is 2. The van der Waals surface area contributed by atoms with E-state index < -0.39 is 0 Å². The third-order valence-electron chi connectivity index (χ3n) is 9.61. The number of nitrogens with zero attached hydrogens (tertiary/aromatic N) is 5. The Morgan fingerprint density at radius 3 is 2.45 bits per heavy atom. The second kappa shape index (κ2) is 16.3. The lowest BCUT2D eigenvalue weighted by atomic mass is 10.0. The summed E-state index contributed by atoms with van der Waals surface area (Å²) in [5.74, 6) is 0.675. The number of benzene rings is 3. The summed E-state index contributed by atoms with van der Waals surface area (Å²) in [7, 11) is 1.96. The number of aromatic nitrogens is 5. The maximum Gasteiger partial charge on any atom is 0.251 e. The van der Waals surface area contributed by atoms with E-state index in [4.69, 9.17) is 15.7 Å². The van der Waals surface area contributed by atoms with Gasteiger partial charge in [0.05, 0.1) is 40.5 Å². The average Bonchev–Trinajstić information content (AvgIpc) is 3.74. The van der Waals surface area contributed by atoms with Crippen molar-refractivity contribution < 1.29 is 9.59 Å². The van der Waals surface area contributed by atoms with E-state index in [1.807, 2.05) is 66.3 Å². The van der Waals surface area contributed by atoms with Crippen molar-refractivity contribution in [3.63, 3.8) is 0 Å². The Bertz CT molecular complexity index is 2170. The van der Waals surface area contributed by atoms with E-state index in [1.165, 1.54) is 32.1 Å². The molecule has 0 aliphatic carbocycles. The fraction of sp³-hybridized carbons (Fsp3) is 0.325. The lowest BCUT2D eigenvalue weighted by molar-refractivity contribution is -0.116. The van der Waals surface area contributed by atoms with E-state index >= 15 is 0 Å². The van der Waals surface area contributed by atoms with Gasteiger partial charge in [0.25, 0.3) is 5.91 Å². The fourth-order valence-electron chi connectivity index (χ4n) is 6.90. The highest BCUT2D eigenvalue weighted by Crippen LogP contribution is 2.37. The molecule has 1 aliphatic rings. The van der Waals surface area contributed by atoms with E-state index in [0.717, 1.165) is 87.5 Å². The van der Waals surface area contributed by atoms with E-state index in [0.29, 0.717) is 24.9 Å². The first-order chi connectivity index (χ1) is 24.5.